The van der Waals surface area contributed by atoms with Crippen molar-refractivity contribution in [3.8, 4) is 0 Å². The summed E-state index contributed by atoms with van der Waals surface area (Å²) >= 11 is 0. The minimum atomic E-state index is 0.489. The van der Waals surface area contributed by atoms with Gasteiger partial charge in [-0.15, -0.1) is 0 Å². The van der Waals surface area contributed by atoms with E-state index in [2.05, 4.69) is 60.4 Å². The molecule has 0 spiro atoms. The highest BCUT2D eigenvalue weighted by atomic mass is 15.3. The minimum absolute atomic E-state index is 0.489. The van der Waals surface area contributed by atoms with E-state index < -0.39 is 0 Å². The highest BCUT2D eigenvalue weighted by Gasteiger charge is 2.14. The molecule has 0 amide bonds. The fourth-order valence-electron chi connectivity index (χ4n) is 3.12. The van der Waals surface area contributed by atoms with Crippen LogP contribution in [0.4, 0.5) is 0 Å². The van der Waals surface area contributed by atoms with E-state index in [1.54, 1.807) is 0 Å². The van der Waals surface area contributed by atoms with Gasteiger partial charge in [-0.2, -0.15) is 0 Å². The van der Waals surface area contributed by atoms with Gasteiger partial charge in [-0.25, -0.2) is 9.98 Å². The fourth-order valence-corrected chi connectivity index (χ4v) is 3.12. The number of rotatable bonds is 7. The maximum atomic E-state index is 4.46. The van der Waals surface area contributed by atoms with Gasteiger partial charge in [0.2, 0.25) is 0 Å². The van der Waals surface area contributed by atoms with Gasteiger partial charge in [-0.1, -0.05) is 49.6 Å². The summed E-state index contributed by atoms with van der Waals surface area (Å²) in [5, 5.41) is 0. The van der Waals surface area contributed by atoms with E-state index in [1.807, 2.05) is 0 Å². The van der Waals surface area contributed by atoms with Gasteiger partial charge in [-0.05, 0) is 12.8 Å². The van der Waals surface area contributed by atoms with Crippen LogP contribution in [0.3, 0.4) is 0 Å². The molecule has 0 saturated heterocycles. The average Bonchev–Trinajstić information content (AvgIpc) is 2.52. The Kier molecular flexibility index (Phi) is 6.82. The van der Waals surface area contributed by atoms with Crippen molar-refractivity contribution in [3.05, 3.63) is 35.9 Å². The Balaban J connectivity index is 1.67. The quantitative estimate of drug-likeness (QED) is 0.410. The van der Waals surface area contributed by atoms with E-state index >= 15 is 0 Å². The third-order valence-electron chi connectivity index (χ3n) is 4.37. The molecule has 3 nitrogen and oxygen atoms in total. The summed E-state index contributed by atoms with van der Waals surface area (Å²) < 4.78 is 0.999. The smallest absolute Gasteiger partial charge is 0.104 e. The number of aliphatic imine (C=N–C) groups is 2. The first-order chi connectivity index (χ1) is 10.7. The van der Waals surface area contributed by atoms with E-state index in [0.717, 1.165) is 30.5 Å². The van der Waals surface area contributed by atoms with Crippen molar-refractivity contribution in [2.24, 2.45) is 9.98 Å². The van der Waals surface area contributed by atoms with E-state index in [4.69, 9.17) is 0 Å². The molecule has 1 aliphatic rings. The second-order valence-electron chi connectivity index (χ2n) is 7.06. The molecule has 3 heteroatoms. The Morgan fingerprint density at radius 3 is 2.55 bits per heavy atom. The van der Waals surface area contributed by atoms with Crippen molar-refractivity contribution in [3.63, 3.8) is 0 Å². The first-order valence-electron chi connectivity index (χ1n) is 8.63. The van der Waals surface area contributed by atoms with Gasteiger partial charge in [-0.3, -0.25) is 0 Å². The van der Waals surface area contributed by atoms with Crippen molar-refractivity contribution in [2.45, 2.75) is 51.1 Å². The predicted molar refractivity (Wildman–Crippen MR) is 93.3 cm³/mol. The average molecular weight is 300 g/mol. The largest absolute Gasteiger partial charge is 0.325 e. The lowest BCUT2D eigenvalue weighted by atomic mass is 9.96. The predicted octanol–water partition coefficient (Wildman–Crippen LogP) is 4.16. The topological polar surface area (TPSA) is 24.7 Å². The molecule has 2 rings (SSSR count). The summed E-state index contributed by atoms with van der Waals surface area (Å²) in [4.78, 5) is 8.81. The van der Waals surface area contributed by atoms with Crippen molar-refractivity contribution < 1.29 is 4.48 Å². The van der Waals surface area contributed by atoms with Crippen molar-refractivity contribution in [1.29, 1.82) is 0 Å². The molecule has 0 N–H and O–H groups in total. The monoisotopic (exact) mass is 300 g/mol. The highest BCUT2D eigenvalue weighted by molar-refractivity contribution is 5.41. The molecule has 120 valence electrons. The van der Waals surface area contributed by atoms with Gasteiger partial charge < -0.3 is 4.48 Å². The van der Waals surface area contributed by atoms with E-state index in [0.29, 0.717) is 6.04 Å². The third-order valence-corrected chi connectivity index (χ3v) is 4.37. The molecule has 1 aliphatic carbocycles. The zero-order valence-corrected chi connectivity index (χ0v) is 14.2. The van der Waals surface area contributed by atoms with Crippen LogP contribution in [0.2, 0.25) is 0 Å². The van der Waals surface area contributed by atoms with Gasteiger partial charge >= 0.3 is 0 Å². The van der Waals surface area contributed by atoms with Gasteiger partial charge in [0.05, 0.1) is 39.2 Å². The van der Waals surface area contributed by atoms with E-state index in [1.165, 1.54) is 37.7 Å². The Morgan fingerprint density at radius 1 is 1.09 bits per heavy atom. The number of nitrogens with zero attached hydrogens (tertiary/aromatic N) is 3. The SMILES string of the molecule is C[N+](C)(CCCN=C=NC1CCCCC1)Cc1ccccc1. The molecule has 0 unspecified atom stereocenters. The molecular formula is C19H30N3+. The molecule has 1 aromatic rings. The van der Waals surface area contributed by atoms with Crippen LogP contribution in [-0.4, -0.2) is 43.7 Å². The second kappa shape index (κ2) is 8.87. The Labute approximate surface area is 135 Å². The molecule has 0 atom stereocenters. The van der Waals surface area contributed by atoms with Gasteiger partial charge in [0, 0.05) is 12.0 Å². The summed E-state index contributed by atoms with van der Waals surface area (Å²) in [5.74, 6) is 0. The third kappa shape index (κ3) is 6.55. The molecule has 1 aromatic carbocycles. The summed E-state index contributed by atoms with van der Waals surface area (Å²) in [7, 11) is 4.57. The zero-order valence-electron chi connectivity index (χ0n) is 14.2. The zero-order chi connectivity index (χ0) is 15.7. The standard InChI is InChI=1S/C19H30N3/c1-22(2,16-18-10-5-3-6-11-18)15-9-14-20-17-21-19-12-7-4-8-13-19/h3,5-6,10-11,19H,4,7-9,12-16H2,1-2H3/q+1. The molecular weight excluding hydrogens is 270 g/mol. The highest BCUT2D eigenvalue weighted by Crippen LogP contribution is 2.19. The van der Waals surface area contributed by atoms with Gasteiger partial charge in [0.15, 0.2) is 0 Å². The summed E-state index contributed by atoms with van der Waals surface area (Å²) in [6.45, 7) is 3.04. The summed E-state index contributed by atoms with van der Waals surface area (Å²) in [6.07, 6.45) is 7.56. The second-order valence-corrected chi connectivity index (χ2v) is 7.06. The lowest BCUT2D eigenvalue weighted by Gasteiger charge is -2.29. The molecule has 0 radical (unpaired) electrons. The van der Waals surface area contributed by atoms with Crippen molar-refractivity contribution >= 4 is 6.01 Å². The molecule has 22 heavy (non-hydrogen) atoms. The van der Waals surface area contributed by atoms with Crippen LogP contribution in [0.15, 0.2) is 40.3 Å². The lowest BCUT2D eigenvalue weighted by molar-refractivity contribution is -0.903. The maximum absolute atomic E-state index is 4.46. The van der Waals surface area contributed by atoms with Crippen LogP contribution in [-0.2, 0) is 6.54 Å². The Morgan fingerprint density at radius 2 is 1.82 bits per heavy atom. The minimum Gasteiger partial charge on any atom is -0.325 e. The molecule has 0 bridgehead atoms. The first-order valence-corrected chi connectivity index (χ1v) is 8.63. The van der Waals surface area contributed by atoms with Crippen LogP contribution < -0.4 is 0 Å². The van der Waals surface area contributed by atoms with Crippen LogP contribution in [0.5, 0.6) is 0 Å². The van der Waals surface area contributed by atoms with E-state index in [9.17, 15) is 0 Å². The van der Waals surface area contributed by atoms with Gasteiger partial charge in [0.25, 0.3) is 0 Å². The van der Waals surface area contributed by atoms with Crippen LogP contribution >= 0.6 is 0 Å². The van der Waals surface area contributed by atoms with Crippen LogP contribution in [0, 0.1) is 0 Å². The molecule has 0 aromatic heterocycles. The Hall–Kier alpha value is -1.44. The van der Waals surface area contributed by atoms with Crippen LogP contribution in [0.1, 0.15) is 44.1 Å². The summed E-state index contributed by atoms with van der Waals surface area (Å²) in [5.41, 5.74) is 1.40. The molecule has 0 aliphatic heterocycles. The number of hydrogen-bond acceptors (Lipinski definition) is 2. The molecule has 1 saturated carbocycles. The first kappa shape index (κ1) is 16.9. The van der Waals surface area contributed by atoms with Crippen molar-refractivity contribution in [2.75, 3.05) is 27.2 Å². The molecule has 1 fully saturated rings. The number of benzene rings is 1. The van der Waals surface area contributed by atoms with Crippen molar-refractivity contribution in [1.82, 2.24) is 0 Å². The molecule has 0 heterocycles. The van der Waals surface area contributed by atoms with Crippen LogP contribution in [0.25, 0.3) is 0 Å². The van der Waals surface area contributed by atoms with E-state index in [-0.39, 0.29) is 0 Å². The lowest BCUT2D eigenvalue weighted by Crippen LogP contribution is -2.39. The number of quaternary nitrogens is 1. The number of hydrogen-bond donors (Lipinski definition) is 0. The normalized spacial score (nSPS) is 16.1. The fraction of sp³-hybridized carbons (Fsp3) is 0.632. The maximum Gasteiger partial charge on any atom is 0.104 e. The Bertz CT molecular complexity index is 481. The summed E-state index contributed by atoms with van der Waals surface area (Å²) in [6, 6.07) is 14.1. The van der Waals surface area contributed by atoms with Gasteiger partial charge in [0.1, 0.15) is 6.54 Å².